The van der Waals surface area contributed by atoms with Gasteiger partial charge in [-0.15, -0.1) is 0 Å². The van der Waals surface area contributed by atoms with Crippen LogP contribution in [0.4, 0.5) is 0 Å². The van der Waals surface area contributed by atoms with Crippen LogP contribution < -0.4 is 5.73 Å². The second-order valence-corrected chi connectivity index (χ2v) is 6.13. The summed E-state index contributed by atoms with van der Waals surface area (Å²) in [5, 5.41) is 0. The molecule has 2 saturated heterocycles. The van der Waals surface area contributed by atoms with Gasteiger partial charge in [0.2, 0.25) is 0 Å². The van der Waals surface area contributed by atoms with Gasteiger partial charge in [-0.05, 0) is 76.8 Å². The molecule has 2 fully saturated rings. The molecule has 3 nitrogen and oxygen atoms in total. The highest BCUT2D eigenvalue weighted by atomic mass is 15.1. The van der Waals surface area contributed by atoms with Crippen molar-refractivity contribution in [3.63, 3.8) is 0 Å². The van der Waals surface area contributed by atoms with E-state index in [1.807, 2.05) is 0 Å². The summed E-state index contributed by atoms with van der Waals surface area (Å²) in [6.45, 7) is 10.8. The van der Waals surface area contributed by atoms with Gasteiger partial charge in [0.1, 0.15) is 0 Å². The molecule has 0 aromatic carbocycles. The van der Waals surface area contributed by atoms with Gasteiger partial charge < -0.3 is 15.5 Å². The third kappa shape index (κ3) is 3.94. The van der Waals surface area contributed by atoms with Crippen LogP contribution in [0.2, 0.25) is 0 Å². The van der Waals surface area contributed by atoms with Gasteiger partial charge in [0.05, 0.1) is 0 Å². The monoisotopic (exact) mass is 253 g/mol. The molecule has 0 saturated carbocycles. The molecule has 18 heavy (non-hydrogen) atoms. The maximum Gasteiger partial charge on any atom is 0.00244 e. The number of likely N-dealkylation sites (tertiary alicyclic amines) is 2. The molecule has 0 aromatic rings. The predicted octanol–water partition coefficient (Wildman–Crippen LogP) is 1.78. The molecule has 0 bridgehead atoms. The van der Waals surface area contributed by atoms with Gasteiger partial charge in [-0.25, -0.2) is 0 Å². The molecular weight excluding hydrogens is 222 g/mol. The lowest BCUT2D eigenvalue weighted by Crippen LogP contribution is -2.43. The number of hydrogen-bond acceptors (Lipinski definition) is 3. The summed E-state index contributed by atoms with van der Waals surface area (Å²) in [5.74, 6) is 1.61. The second kappa shape index (κ2) is 7.46. The number of rotatable bonds is 5. The number of nitrogens with two attached hydrogens (primary N) is 1. The highest BCUT2D eigenvalue weighted by molar-refractivity contribution is 4.81. The molecular formula is C15H31N3. The van der Waals surface area contributed by atoms with Crippen molar-refractivity contribution in [2.75, 3.05) is 45.8 Å². The molecule has 2 N–H and O–H groups in total. The summed E-state index contributed by atoms with van der Waals surface area (Å²) >= 11 is 0. The first-order valence-corrected chi connectivity index (χ1v) is 7.98. The topological polar surface area (TPSA) is 32.5 Å². The molecule has 1 atom stereocenters. The van der Waals surface area contributed by atoms with Crippen LogP contribution in [-0.2, 0) is 0 Å². The smallest absolute Gasteiger partial charge is 0.00244 e. The zero-order chi connectivity index (χ0) is 12.8. The Hall–Kier alpha value is -0.120. The molecule has 1 unspecified atom stereocenters. The Bertz CT molecular complexity index is 218. The highest BCUT2D eigenvalue weighted by Crippen LogP contribution is 2.26. The van der Waals surface area contributed by atoms with Crippen molar-refractivity contribution in [2.45, 2.75) is 39.0 Å². The molecule has 2 aliphatic rings. The van der Waals surface area contributed by atoms with E-state index in [4.69, 9.17) is 5.73 Å². The van der Waals surface area contributed by atoms with Crippen molar-refractivity contribution < 1.29 is 0 Å². The average Bonchev–Trinajstić information content (AvgIpc) is 2.46. The minimum absolute atomic E-state index is 0.738. The van der Waals surface area contributed by atoms with E-state index in [9.17, 15) is 0 Å². The number of nitrogens with zero attached hydrogens (tertiary/aromatic N) is 2. The lowest BCUT2D eigenvalue weighted by atomic mass is 9.83. The van der Waals surface area contributed by atoms with Crippen LogP contribution in [0, 0.1) is 11.8 Å². The molecule has 0 radical (unpaired) electrons. The molecule has 2 heterocycles. The van der Waals surface area contributed by atoms with Crippen molar-refractivity contribution in [1.82, 2.24) is 9.80 Å². The highest BCUT2D eigenvalue weighted by Gasteiger charge is 2.26. The Balaban J connectivity index is 1.77. The average molecular weight is 253 g/mol. The van der Waals surface area contributed by atoms with E-state index in [1.165, 1.54) is 71.4 Å². The van der Waals surface area contributed by atoms with Crippen LogP contribution in [0.15, 0.2) is 0 Å². The largest absolute Gasteiger partial charge is 0.330 e. The fourth-order valence-electron chi connectivity index (χ4n) is 3.63. The Morgan fingerprint density at radius 3 is 2.22 bits per heavy atom. The van der Waals surface area contributed by atoms with Crippen molar-refractivity contribution in [3.8, 4) is 0 Å². The van der Waals surface area contributed by atoms with Gasteiger partial charge in [0.25, 0.3) is 0 Å². The normalized spacial score (nSPS) is 26.3. The zero-order valence-corrected chi connectivity index (χ0v) is 12.1. The minimum atomic E-state index is 0.738. The minimum Gasteiger partial charge on any atom is -0.330 e. The Kier molecular flexibility index (Phi) is 5.93. The van der Waals surface area contributed by atoms with Crippen LogP contribution in [0.1, 0.15) is 39.0 Å². The van der Waals surface area contributed by atoms with Gasteiger partial charge in [0, 0.05) is 6.54 Å². The third-order valence-corrected chi connectivity index (χ3v) is 4.99. The van der Waals surface area contributed by atoms with E-state index in [2.05, 4.69) is 16.7 Å². The molecule has 3 heteroatoms. The van der Waals surface area contributed by atoms with E-state index in [0.717, 1.165) is 18.4 Å². The van der Waals surface area contributed by atoms with E-state index in [0.29, 0.717) is 0 Å². The quantitative estimate of drug-likeness (QED) is 0.810. The summed E-state index contributed by atoms with van der Waals surface area (Å²) in [5.41, 5.74) is 6.05. The van der Waals surface area contributed by atoms with Crippen molar-refractivity contribution in [2.24, 2.45) is 17.6 Å². The molecule has 0 aromatic heterocycles. The fraction of sp³-hybridized carbons (Fsp3) is 1.00. The van der Waals surface area contributed by atoms with E-state index in [1.54, 1.807) is 0 Å². The fourth-order valence-corrected chi connectivity index (χ4v) is 3.63. The summed E-state index contributed by atoms with van der Waals surface area (Å²) in [7, 11) is 0. The Morgan fingerprint density at radius 2 is 1.67 bits per heavy atom. The number of piperidine rings is 2. The first kappa shape index (κ1) is 14.3. The first-order valence-electron chi connectivity index (χ1n) is 7.98. The standard InChI is InChI=1S/C15H31N3/c1-2-17-10-6-14(7-11-17)15(12-16)13-18-8-4-3-5-9-18/h14-15H,2-13,16H2,1H3. The lowest BCUT2D eigenvalue weighted by Gasteiger charge is -2.38. The molecule has 0 spiro atoms. The summed E-state index contributed by atoms with van der Waals surface area (Å²) in [6, 6.07) is 0. The van der Waals surface area contributed by atoms with Crippen molar-refractivity contribution >= 4 is 0 Å². The van der Waals surface area contributed by atoms with Crippen molar-refractivity contribution in [3.05, 3.63) is 0 Å². The summed E-state index contributed by atoms with van der Waals surface area (Å²) in [6.07, 6.45) is 6.95. The van der Waals surface area contributed by atoms with Crippen molar-refractivity contribution in [1.29, 1.82) is 0 Å². The van der Waals surface area contributed by atoms with Crippen LogP contribution in [0.25, 0.3) is 0 Å². The van der Waals surface area contributed by atoms with Crippen LogP contribution >= 0.6 is 0 Å². The summed E-state index contributed by atoms with van der Waals surface area (Å²) in [4.78, 5) is 5.23. The van der Waals surface area contributed by atoms with Gasteiger partial charge in [0.15, 0.2) is 0 Å². The lowest BCUT2D eigenvalue weighted by molar-refractivity contribution is 0.116. The second-order valence-electron chi connectivity index (χ2n) is 6.13. The predicted molar refractivity (Wildman–Crippen MR) is 77.7 cm³/mol. The Morgan fingerprint density at radius 1 is 1.00 bits per heavy atom. The summed E-state index contributed by atoms with van der Waals surface area (Å²) < 4.78 is 0. The van der Waals surface area contributed by atoms with Gasteiger partial charge in [-0.1, -0.05) is 13.3 Å². The van der Waals surface area contributed by atoms with Gasteiger partial charge in [-0.2, -0.15) is 0 Å². The van der Waals surface area contributed by atoms with Crippen LogP contribution in [0.3, 0.4) is 0 Å². The molecule has 2 aliphatic heterocycles. The molecule has 0 amide bonds. The maximum atomic E-state index is 6.05. The van der Waals surface area contributed by atoms with Crippen LogP contribution in [0.5, 0.6) is 0 Å². The van der Waals surface area contributed by atoms with Gasteiger partial charge in [-0.3, -0.25) is 0 Å². The molecule has 2 rings (SSSR count). The first-order chi connectivity index (χ1) is 8.83. The van der Waals surface area contributed by atoms with E-state index in [-0.39, 0.29) is 0 Å². The van der Waals surface area contributed by atoms with Crippen LogP contribution in [-0.4, -0.2) is 55.6 Å². The van der Waals surface area contributed by atoms with E-state index >= 15 is 0 Å². The third-order valence-electron chi connectivity index (χ3n) is 4.99. The van der Waals surface area contributed by atoms with E-state index < -0.39 is 0 Å². The molecule has 106 valence electrons. The molecule has 0 aliphatic carbocycles. The van der Waals surface area contributed by atoms with Gasteiger partial charge >= 0.3 is 0 Å². The zero-order valence-electron chi connectivity index (χ0n) is 12.1. The SMILES string of the molecule is CCN1CCC(C(CN)CN2CCCCC2)CC1. The maximum absolute atomic E-state index is 6.05. The number of hydrogen-bond donors (Lipinski definition) is 1. The Labute approximate surface area is 113 Å².